The van der Waals surface area contributed by atoms with E-state index in [0.29, 0.717) is 11.9 Å². The highest BCUT2D eigenvalue weighted by atomic mass is 16.1. The second-order valence-electron chi connectivity index (χ2n) is 4.91. The summed E-state index contributed by atoms with van der Waals surface area (Å²) in [5.41, 5.74) is 1.88. The summed E-state index contributed by atoms with van der Waals surface area (Å²) >= 11 is 0. The molecule has 1 heterocycles. The molecule has 4 nitrogen and oxygen atoms in total. The van der Waals surface area contributed by atoms with E-state index in [-0.39, 0.29) is 5.56 Å². The minimum atomic E-state index is 0.0281. The van der Waals surface area contributed by atoms with Crippen LogP contribution in [0.4, 0.5) is 5.69 Å². The summed E-state index contributed by atoms with van der Waals surface area (Å²) in [6, 6.07) is 17.5. The molecule has 0 aliphatic carbocycles. The summed E-state index contributed by atoms with van der Waals surface area (Å²) in [5, 5.41) is 4.01. The molecule has 0 unspecified atom stereocenters. The molecule has 0 radical (unpaired) electrons. The Balaban J connectivity index is 1.63. The van der Waals surface area contributed by atoms with Crippen molar-refractivity contribution < 1.29 is 0 Å². The largest absolute Gasteiger partial charge is 0.385 e. The first kappa shape index (κ1) is 13.4. The van der Waals surface area contributed by atoms with Crippen molar-refractivity contribution in [3.63, 3.8) is 0 Å². The highest BCUT2D eigenvalue weighted by Crippen LogP contribution is 2.06. The van der Waals surface area contributed by atoms with Crippen LogP contribution in [0.2, 0.25) is 0 Å². The fraction of sp³-hybridized carbons (Fsp3) is 0.176. The normalized spacial score (nSPS) is 10.7. The molecule has 0 saturated carbocycles. The summed E-state index contributed by atoms with van der Waals surface area (Å²) in [6.07, 6.45) is 2.50. The van der Waals surface area contributed by atoms with Gasteiger partial charge < -0.3 is 5.32 Å². The summed E-state index contributed by atoms with van der Waals surface area (Å²) in [5.74, 6) is 0. The molecular weight excluding hydrogens is 262 g/mol. The maximum absolute atomic E-state index is 12.3. The van der Waals surface area contributed by atoms with Gasteiger partial charge in [-0.3, -0.25) is 9.36 Å². The molecule has 21 heavy (non-hydrogen) atoms. The van der Waals surface area contributed by atoms with Gasteiger partial charge in [-0.1, -0.05) is 30.3 Å². The van der Waals surface area contributed by atoms with E-state index in [1.165, 1.54) is 0 Å². The van der Waals surface area contributed by atoms with Gasteiger partial charge in [-0.15, -0.1) is 0 Å². The van der Waals surface area contributed by atoms with Crippen LogP contribution in [0.3, 0.4) is 0 Å². The first-order valence-corrected chi connectivity index (χ1v) is 7.08. The number of aryl methyl sites for hydroxylation is 1. The molecule has 0 fully saturated rings. The monoisotopic (exact) mass is 279 g/mol. The Labute approximate surface area is 123 Å². The Kier molecular flexibility index (Phi) is 3.96. The van der Waals surface area contributed by atoms with Crippen LogP contribution < -0.4 is 10.9 Å². The second kappa shape index (κ2) is 6.22. The molecule has 0 amide bonds. The predicted molar refractivity (Wildman–Crippen MR) is 85.6 cm³/mol. The van der Waals surface area contributed by atoms with Crippen molar-refractivity contribution in [2.24, 2.45) is 0 Å². The average molecular weight is 279 g/mol. The van der Waals surface area contributed by atoms with Crippen molar-refractivity contribution in [2.45, 2.75) is 13.0 Å². The van der Waals surface area contributed by atoms with E-state index < -0.39 is 0 Å². The van der Waals surface area contributed by atoms with Gasteiger partial charge in [0.25, 0.3) is 5.56 Å². The minimum absolute atomic E-state index is 0.0281. The van der Waals surface area contributed by atoms with Gasteiger partial charge in [0.05, 0.1) is 17.2 Å². The first-order valence-electron chi connectivity index (χ1n) is 7.08. The van der Waals surface area contributed by atoms with Crippen molar-refractivity contribution in [3.8, 4) is 0 Å². The van der Waals surface area contributed by atoms with Crippen LogP contribution in [0.5, 0.6) is 0 Å². The molecule has 106 valence electrons. The van der Waals surface area contributed by atoms with Crippen molar-refractivity contribution >= 4 is 16.6 Å². The molecule has 0 spiro atoms. The number of hydrogen-bond acceptors (Lipinski definition) is 3. The number of aromatic nitrogens is 2. The lowest BCUT2D eigenvalue weighted by Crippen LogP contribution is -2.21. The Morgan fingerprint density at radius 1 is 1.00 bits per heavy atom. The highest BCUT2D eigenvalue weighted by molar-refractivity contribution is 5.76. The lowest BCUT2D eigenvalue weighted by Gasteiger charge is -2.08. The maximum atomic E-state index is 12.3. The highest BCUT2D eigenvalue weighted by Gasteiger charge is 2.02. The van der Waals surface area contributed by atoms with Crippen LogP contribution >= 0.6 is 0 Å². The van der Waals surface area contributed by atoms with Gasteiger partial charge in [0.15, 0.2) is 0 Å². The zero-order chi connectivity index (χ0) is 14.5. The van der Waals surface area contributed by atoms with E-state index in [1.54, 1.807) is 10.9 Å². The van der Waals surface area contributed by atoms with E-state index in [4.69, 9.17) is 0 Å². The molecule has 4 heteroatoms. The van der Waals surface area contributed by atoms with Gasteiger partial charge >= 0.3 is 0 Å². The first-order chi connectivity index (χ1) is 10.3. The molecule has 0 aliphatic rings. The number of para-hydroxylation sites is 2. The van der Waals surface area contributed by atoms with E-state index in [0.717, 1.165) is 24.2 Å². The van der Waals surface area contributed by atoms with Gasteiger partial charge in [-0.25, -0.2) is 4.98 Å². The van der Waals surface area contributed by atoms with E-state index in [9.17, 15) is 4.79 Å². The molecule has 1 N–H and O–H groups in total. The zero-order valence-electron chi connectivity index (χ0n) is 11.7. The SMILES string of the molecule is O=c1c2ccccc2ncn1CCCNc1ccccc1. The Bertz CT molecular complexity index is 781. The minimum Gasteiger partial charge on any atom is -0.385 e. The van der Waals surface area contributed by atoms with E-state index in [2.05, 4.69) is 10.3 Å². The van der Waals surface area contributed by atoms with Crippen LogP contribution in [0, 0.1) is 0 Å². The number of benzene rings is 2. The Morgan fingerprint density at radius 3 is 2.62 bits per heavy atom. The van der Waals surface area contributed by atoms with Gasteiger partial charge in [-0.2, -0.15) is 0 Å². The number of fused-ring (bicyclic) bond motifs is 1. The molecule has 3 rings (SSSR count). The molecule has 3 aromatic rings. The number of rotatable bonds is 5. The fourth-order valence-corrected chi connectivity index (χ4v) is 2.30. The summed E-state index contributed by atoms with van der Waals surface area (Å²) in [4.78, 5) is 16.6. The number of anilines is 1. The third-order valence-electron chi connectivity index (χ3n) is 3.41. The van der Waals surface area contributed by atoms with Crippen molar-refractivity contribution in [3.05, 3.63) is 71.3 Å². The van der Waals surface area contributed by atoms with Gasteiger partial charge in [0, 0.05) is 18.8 Å². The van der Waals surface area contributed by atoms with Crippen LogP contribution in [-0.4, -0.2) is 16.1 Å². The van der Waals surface area contributed by atoms with Gasteiger partial charge in [0.1, 0.15) is 0 Å². The van der Waals surface area contributed by atoms with Crippen LogP contribution in [0.15, 0.2) is 65.7 Å². The average Bonchev–Trinajstić information content (AvgIpc) is 2.55. The number of hydrogen-bond donors (Lipinski definition) is 1. The van der Waals surface area contributed by atoms with Crippen LogP contribution in [0.1, 0.15) is 6.42 Å². The second-order valence-corrected chi connectivity index (χ2v) is 4.91. The van der Waals surface area contributed by atoms with Gasteiger partial charge in [0.2, 0.25) is 0 Å². The lowest BCUT2D eigenvalue weighted by molar-refractivity contribution is 0.633. The number of nitrogens with one attached hydrogen (secondary N) is 1. The van der Waals surface area contributed by atoms with Crippen molar-refractivity contribution in [1.29, 1.82) is 0 Å². The van der Waals surface area contributed by atoms with Crippen molar-refractivity contribution in [2.75, 3.05) is 11.9 Å². The zero-order valence-corrected chi connectivity index (χ0v) is 11.7. The fourth-order valence-electron chi connectivity index (χ4n) is 2.30. The van der Waals surface area contributed by atoms with E-state index >= 15 is 0 Å². The topological polar surface area (TPSA) is 46.9 Å². The molecule has 2 aromatic carbocycles. The smallest absolute Gasteiger partial charge is 0.261 e. The molecule has 0 aliphatic heterocycles. The summed E-state index contributed by atoms with van der Waals surface area (Å²) in [7, 11) is 0. The number of nitrogens with zero attached hydrogens (tertiary/aromatic N) is 2. The quantitative estimate of drug-likeness (QED) is 0.730. The Hall–Kier alpha value is -2.62. The lowest BCUT2D eigenvalue weighted by atomic mass is 10.2. The molecule has 0 bridgehead atoms. The molecular formula is C17H17N3O. The van der Waals surface area contributed by atoms with E-state index in [1.807, 2.05) is 54.6 Å². The molecule has 0 saturated heterocycles. The van der Waals surface area contributed by atoms with Crippen molar-refractivity contribution in [1.82, 2.24) is 9.55 Å². The predicted octanol–water partition coefficient (Wildman–Crippen LogP) is 2.90. The van der Waals surface area contributed by atoms with Crippen LogP contribution in [0.25, 0.3) is 10.9 Å². The maximum Gasteiger partial charge on any atom is 0.261 e. The summed E-state index contributed by atoms with van der Waals surface area (Å²) < 4.78 is 1.68. The molecule has 1 aromatic heterocycles. The third-order valence-corrected chi connectivity index (χ3v) is 3.41. The molecule has 0 atom stereocenters. The standard InChI is InChI=1S/C17H17N3O/c21-17-15-9-4-5-10-16(15)19-13-20(17)12-6-11-18-14-7-2-1-3-8-14/h1-5,7-10,13,18H,6,11-12H2. The Morgan fingerprint density at radius 2 is 1.76 bits per heavy atom. The van der Waals surface area contributed by atoms with Crippen LogP contribution in [-0.2, 0) is 6.54 Å². The van der Waals surface area contributed by atoms with Gasteiger partial charge in [-0.05, 0) is 30.7 Å². The summed E-state index contributed by atoms with van der Waals surface area (Å²) in [6.45, 7) is 1.49. The third kappa shape index (κ3) is 3.11.